The minimum absolute atomic E-state index is 0.190. The van der Waals surface area contributed by atoms with Gasteiger partial charge in [0, 0.05) is 25.2 Å². The van der Waals surface area contributed by atoms with Gasteiger partial charge in [-0.15, -0.1) is 10.2 Å². The number of nitrogens with zero attached hydrogens (tertiary/aromatic N) is 2. The minimum Gasteiger partial charge on any atom is -0.418 e. The molecule has 0 bridgehead atoms. The second-order valence-corrected chi connectivity index (χ2v) is 6.28. The minimum atomic E-state index is -3.23. The van der Waals surface area contributed by atoms with Gasteiger partial charge in [-0.1, -0.05) is 6.92 Å². The number of aromatic nitrogens is 2. The van der Waals surface area contributed by atoms with Crippen LogP contribution in [-0.4, -0.2) is 39.8 Å². The first-order valence-electron chi connectivity index (χ1n) is 8.39. The first-order chi connectivity index (χ1) is 12.2. The number of primary amides is 1. The first-order valence-corrected chi connectivity index (χ1v) is 8.39. The fraction of sp³-hybridized carbons (Fsp3) is 0.625. The number of hydrogen-bond acceptors (Lipinski definition) is 6. The molecule has 8 nitrogen and oxygen atoms in total. The second kappa shape index (κ2) is 8.33. The smallest absolute Gasteiger partial charge is 0.286 e. The van der Waals surface area contributed by atoms with Gasteiger partial charge in [0.2, 0.25) is 29.4 Å². The first kappa shape index (κ1) is 19.9. The third kappa shape index (κ3) is 5.85. The third-order valence-electron chi connectivity index (χ3n) is 3.94. The van der Waals surface area contributed by atoms with Crippen molar-refractivity contribution in [3.63, 3.8) is 0 Å². The van der Waals surface area contributed by atoms with Gasteiger partial charge in [-0.25, -0.2) is 8.78 Å². The van der Waals surface area contributed by atoms with E-state index in [4.69, 9.17) is 10.2 Å². The molecule has 1 aliphatic carbocycles. The highest BCUT2D eigenvalue weighted by Gasteiger charge is 2.33. The van der Waals surface area contributed by atoms with Crippen LogP contribution in [0.3, 0.4) is 0 Å². The summed E-state index contributed by atoms with van der Waals surface area (Å²) in [5, 5.41) is 9.85. The fourth-order valence-corrected chi connectivity index (χ4v) is 2.21. The molecular formula is C16H21F2N4O4. The Morgan fingerprint density at radius 1 is 1.38 bits per heavy atom. The van der Waals surface area contributed by atoms with Gasteiger partial charge in [0.1, 0.15) is 0 Å². The molecule has 3 N–H and O–H groups in total. The standard InChI is InChI=1S/C16H21F2N4O4/c1-2-10(13(25)15-22-21-14(26-15)9-3-4-9)20-12(24)6-8-16(17,18)7-5-11(19)23/h6,9-10H,2-5,7-8H2,1H3,(H2,19,23)(H,20,24)/t10-/m0/s1. The van der Waals surface area contributed by atoms with Crippen LogP contribution in [0.4, 0.5) is 8.78 Å². The molecule has 0 saturated heterocycles. The van der Waals surface area contributed by atoms with Crippen LogP contribution in [0.25, 0.3) is 0 Å². The average Bonchev–Trinajstić information content (AvgIpc) is 3.33. The van der Waals surface area contributed by atoms with Gasteiger partial charge in [0.25, 0.3) is 5.89 Å². The van der Waals surface area contributed by atoms with Crippen LogP contribution in [0.15, 0.2) is 4.42 Å². The molecule has 2 amide bonds. The van der Waals surface area contributed by atoms with Gasteiger partial charge in [-0.05, 0) is 19.3 Å². The number of amides is 2. The molecule has 1 aliphatic rings. The lowest BCUT2D eigenvalue weighted by Crippen LogP contribution is -2.41. The Labute approximate surface area is 148 Å². The molecule has 0 aliphatic heterocycles. The number of nitrogens with two attached hydrogens (primary N) is 1. The van der Waals surface area contributed by atoms with Crippen LogP contribution in [-0.2, 0) is 9.59 Å². The van der Waals surface area contributed by atoms with Crippen molar-refractivity contribution in [2.45, 2.75) is 63.3 Å². The van der Waals surface area contributed by atoms with Gasteiger partial charge < -0.3 is 15.5 Å². The van der Waals surface area contributed by atoms with E-state index in [0.717, 1.165) is 19.3 Å². The number of carbonyl (C=O) groups is 3. The molecular weight excluding hydrogens is 350 g/mol. The summed E-state index contributed by atoms with van der Waals surface area (Å²) in [4.78, 5) is 34.7. The maximum Gasteiger partial charge on any atom is 0.286 e. The molecule has 2 rings (SSSR count). The summed E-state index contributed by atoms with van der Waals surface area (Å²) in [6.07, 6.45) is 0.777. The van der Waals surface area contributed by atoms with Gasteiger partial charge >= 0.3 is 0 Å². The molecule has 1 fully saturated rings. The second-order valence-electron chi connectivity index (χ2n) is 6.28. The molecule has 0 unspecified atom stereocenters. The summed E-state index contributed by atoms with van der Waals surface area (Å²) in [5.41, 5.74) is 4.83. The maximum atomic E-state index is 13.6. The third-order valence-corrected chi connectivity index (χ3v) is 3.94. The number of nitrogens with one attached hydrogen (secondary N) is 1. The average molecular weight is 371 g/mol. The highest BCUT2D eigenvalue weighted by atomic mass is 19.3. The van der Waals surface area contributed by atoms with Crippen LogP contribution in [0.1, 0.15) is 67.9 Å². The van der Waals surface area contributed by atoms with E-state index in [2.05, 4.69) is 15.5 Å². The quantitative estimate of drug-likeness (QED) is 0.568. The van der Waals surface area contributed by atoms with Crippen molar-refractivity contribution in [1.82, 2.24) is 15.5 Å². The van der Waals surface area contributed by atoms with Gasteiger partial charge in [-0.3, -0.25) is 14.4 Å². The Hall–Kier alpha value is -2.39. The highest BCUT2D eigenvalue weighted by Crippen LogP contribution is 2.39. The predicted molar refractivity (Wildman–Crippen MR) is 85.1 cm³/mol. The molecule has 1 heterocycles. The zero-order valence-corrected chi connectivity index (χ0v) is 14.3. The number of halogens is 2. The Morgan fingerprint density at radius 3 is 2.65 bits per heavy atom. The van der Waals surface area contributed by atoms with Crippen molar-refractivity contribution in [2.24, 2.45) is 5.73 Å². The van der Waals surface area contributed by atoms with Gasteiger partial charge in [0.15, 0.2) is 0 Å². The Morgan fingerprint density at radius 2 is 2.08 bits per heavy atom. The van der Waals surface area contributed by atoms with Crippen molar-refractivity contribution >= 4 is 17.6 Å². The molecule has 143 valence electrons. The normalized spacial score (nSPS) is 15.5. The van der Waals surface area contributed by atoms with Crippen LogP contribution >= 0.6 is 0 Å². The Bertz CT molecular complexity index is 673. The van der Waals surface area contributed by atoms with Crippen LogP contribution in [0.5, 0.6) is 0 Å². The molecule has 26 heavy (non-hydrogen) atoms. The van der Waals surface area contributed by atoms with E-state index in [1.807, 2.05) is 0 Å². The summed E-state index contributed by atoms with van der Waals surface area (Å²) in [5.74, 6) is -5.06. The number of hydrogen-bond donors (Lipinski definition) is 2. The number of alkyl halides is 2. The van der Waals surface area contributed by atoms with Crippen molar-refractivity contribution in [3.8, 4) is 0 Å². The molecule has 1 saturated carbocycles. The van der Waals surface area contributed by atoms with Gasteiger partial charge in [0.05, 0.1) is 12.5 Å². The van der Waals surface area contributed by atoms with E-state index in [-0.39, 0.29) is 18.2 Å². The fourth-order valence-electron chi connectivity index (χ4n) is 2.21. The Balaban J connectivity index is 1.84. The zero-order valence-electron chi connectivity index (χ0n) is 14.3. The number of carbonyl (C=O) groups excluding carboxylic acids is 3. The molecule has 0 aromatic carbocycles. The summed E-state index contributed by atoms with van der Waals surface area (Å²) in [7, 11) is 0. The van der Waals surface area contributed by atoms with E-state index in [0.29, 0.717) is 5.89 Å². The molecule has 0 spiro atoms. The lowest BCUT2D eigenvalue weighted by Gasteiger charge is -2.17. The maximum absolute atomic E-state index is 13.6. The van der Waals surface area contributed by atoms with Crippen LogP contribution < -0.4 is 11.1 Å². The monoisotopic (exact) mass is 371 g/mol. The number of rotatable bonds is 11. The number of ketones is 1. The zero-order chi connectivity index (χ0) is 19.3. The van der Waals surface area contributed by atoms with Crippen LogP contribution in [0.2, 0.25) is 0 Å². The SMILES string of the molecule is CC[C@H](NC(=O)[CH]CC(F)(F)CCC(N)=O)C(=O)c1nnc(C2CC2)o1. The topological polar surface area (TPSA) is 128 Å². The van der Waals surface area contributed by atoms with Crippen molar-refractivity contribution in [3.05, 3.63) is 18.2 Å². The van der Waals surface area contributed by atoms with Crippen LogP contribution in [0, 0.1) is 6.42 Å². The summed E-state index contributed by atoms with van der Waals surface area (Å²) < 4.78 is 32.4. The largest absolute Gasteiger partial charge is 0.418 e. The van der Waals surface area contributed by atoms with Crippen molar-refractivity contribution < 1.29 is 27.6 Å². The highest BCUT2D eigenvalue weighted by molar-refractivity contribution is 5.99. The van der Waals surface area contributed by atoms with E-state index >= 15 is 0 Å². The number of Topliss-reactive ketones (excluding diaryl/α,β-unsaturated/α-hetero) is 1. The lowest BCUT2D eigenvalue weighted by atomic mass is 10.1. The summed E-state index contributed by atoms with van der Waals surface area (Å²) >= 11 is 0. The summed E-state index contributed by atoms with van der Waals surface area (Å²) in [6.45, 7) is 1.66. The van der Waals surface area contributed by atoms with E-state index < -0.39 is 48.8 Å². The van der Waals surface area contributed by atoms with E-state index in [9.17, 15) is 23.2 Å². The lowest BCUT2D eigenvalue weighted by molar-refractivity contribution is -0.120. The Kier molecular flexibility index (Phi) is 6.38. The van der Waals surface area contributed by atoms with Crippen molar-refractivity contribution in [1.29, 1.82) is 0 Å². The molecule has 1 aromatic heterocycles. The molecule has 1 aromatic rings. The van der Waals surface area contributed by atoms with E-state index in [1.54, 1.807) is 6.92 Å². The molecule has 1 radical (unpaired) electrons. The van der Waals surface area contributed by atoms with Gasteiger partial charge in [-0.2, -0.15) is 0 Å². The molecule has 1 atom stereocenters. The van der Waals surface area contributed by atoms with E-state index in [1.165, 1.54) is 0 Å². The predicted octanol–water partition coefficient (Wildman–Crippen LogP) is 1.52. The summed E-state index contributed by atoms with van der Waals surface area (Å²) in [6, 6.07) is -0.953. The molecule has 10 heteroatoms. The van der Waals surface area contributed by atoms with Crippen molar-refractivity contribution in [2.75, 3.05) is 0 Å².